The predicted octanol–water partition coefficient (Wildman–Crippen LogP) is 2.49. The third-order valence-corrected chi connectivity index (χ3v) is 6.30. The van der Waals surface area contributed by atoms with Crippen molar-refractivity contribution in [2.75, 3.05) is 5.32 Å². The Morgan fingerprint density at radius 2 is 1.88 bits per heavy atom. The van der Waals surface area contributed by atoms with Gasteiger partial charge in [-0.1, -0.05) is 30.3 Å². The van der Waals surface area contributed by atoms with Gasteiger partial charge in [-0.15, -0.1) is 0 Å². The fourth-order valence-electron chi connectivity index (χ4n) is 3.46. The number of aliphatic carboxylic acids is 1. The summed E-state index contributed by atoms with van der Waals surface area (Å²) < 4.78 is 30.0. The molecule has 3 N–H and O–H groups in total. The molecule has 0 bridgehead atoms. The van der Waals surface area contributed by atoms with E-state index >= 15 is 0 Å². The number of hydrogen-bond donors (Lipinski definition) is 3. The maximum Gasteiger partial charge on any atom is 0.325 e. The molecule has 3 aromatic rings. The monoisotopic (exact) mass is 452 g/mol. The van der Waals surface area contributed by atoms with E-state index in [1.54, 1.807) is 48.5 Å². The molecule has 0 saturated carbocycles. The summed E-state index contributed by atoms with van der Waals surface area (Å²) >= 11 is 0. The molecule has 9 nitrogen and oxygen atoms in total. The minimum absolute atomic E-state index is 0.0192. The first-order valence-electron chi connectivity index (χ1n) is 9.80. The van der Waals surface area contributed by atoms with Gasteiger partial charge in [-0.2, -0.15) is 5.10 Å². The van der Waals surface area contributed by atoms with Crippen LogP contribution in [0.2, 0.25) is 0 Å². The molecule has 1 amide bonds. The Hall–Kier alpha value is -3.92. The molecular weight excluding hydrogens is 432 g/mol. The third kappa shape index (κ3) is 4.54. The van der Waals surface area contributed by atoms with Crippen molar-refractivity contribution >= 4 is 33.3 Å². The zero-order valence-electron chi connectivity index (χ0n) is 16.9. The minimum atomic E-state index is -3.96. The lowest BCUT2D eigenvalue weighted by atomic mass is 10.0. The van der Waals surface area contributed by atoms with Crippen LogP contribution in [-0.2, 0) is 27.8 Å². The molecule has 0 saturated heterocycles. The number of rotatable bonds is 7. The largest absolute Gasteiger partial charge is 0.480 e. The molecule has 4 rings (SSSR count). The molecule has 1 aliphatic rings. The van der Waals surface area contributed by atoms with E-state index in [-0.39, 0.29) is 17.3 Å². The van der Waals surface area contributed by atoms with Crippen molar-refractivity contribution in [1.82, 2.24) is 14.5 Å². The van der Waals surface area contributed by atoms with Gasteiger partial charge in [0.15, 0.2) is 0 Å². The number of fused-ring (bicyclic) bond motifs is 1. The van der Waals surface area contributed by atoms with Crippen LogP contribution in [0.3, 0.4) is 0 Å². The number of benzene rings is 2. The first kappa shape index (κ1) is 21.3. The average Bonchev–Trinajstić information content (AvgIpc) is 3.17. The number of anilines is 1. The van der Waals surface area contributed by atoms with Crippen LogP contribution < -0.4 is 10.0 Å². The van der Waals surface area contributed by atoms with E-state index < -0.39 is 16.0 Å². The van der Waals surface area contributed by atoms with Gasteiger partial charge in [0, 0.05) is 22.5 Å². The van der Waals surface area contributed by atoms with E-state index in [1.807, 2.05) is 0 Å². The molecule has 1 aliphatic carbocycles. The summed E-state index contributed by atoms with van der Waals surface area (Å²) in [4.78, 5) is 23.4. The zero-order valence-corrected chi connectivity index (χ0v) is 17.7. The molecule has 164 valence electrons. The van der Waals surface area contributed by atoms with E-state index in [2.05, 4.69) is 15.1 Å². The lowest BCUT2D eigenvalue weighted by molar-refractivity contribution is -0.137. The first-order valence-corrected chi connectivity index (χ1v) is 11.3. The topological polar surface area (TPSA) is 130 Å². The number of carbonyl (C=O) groups excluding carboxylic acids is 1. The number of sulfonamides is 1. The van der Waals surface area contributed by atoms with Crippen molar-refractivity contribution in [2.45, 2.75) is 24.3 Å². The van der Waals surface area contributed by atoms with Gasteiger partial charge in [0.25, 0.3) is 15.9 Å². The van der Waals surface area contributed by atoms with Crippen molar-refractivity contribution in [3.05, 3.63) is 83.7 Å². The van der Waals surface area contributed by atoms with Crippen molar-refractivity contribution in [1.29, 1.82) is 0 Å². The van der Waals surface area contributed by atoms with Crippen molar-refractivity contribution in [3.8, 4) is 0 Å². The Balaban J connectivity index is 1.54. The standard InChI is InChI=1S/C22H20N4O5S/c27-21(28)14-26-20-11-5-10-19(18(20)13-23-26)25-32(30,31)17-9-4-8-16(12-17)24-22(29)15-6-2-1-3-7-15/h1-4,6-10,12-13,25H,5,11,14H2,(H,24,29)(H,27,28). The van der Waals surface area contributed by atoms with Gasteiger partial charge in [0.05, 0.1) is 16.8 Å². The number of allylic oxidation sites excluding steroid dienone is 1. The van der Waals surface area contributed by atoms with Crippen LogP contribution in [0.25, 0.3) is 5.70 Å². The quantitative estimate of drug-likeness (QED) is 0.505. The van der Waals surface area contributed by atoms with Crippen LogP contribution in [-0.4, -0.2) is 35.2 Å². The van der Waals surface area contributed by atoms with Gasteiger partial charge in [-0.05, 0) is 43.2 Å². The second kappa shape index (κ2) is 8.67. The number of nitrogens with zero attached hydrogens (tertiary/aromatic N) is 2. The van der Waals surface area contributed by atoms with Crippen LogP contribution in [0.1, 0.15) is 28.0 Å². The molecule has 0 spiro atoms. The third-order valence-electron chi connectivity index (χ3n) is 4.94. The normalized spacial score (nSPS) is 13.1. The Morgan fingerprint density at radius 3 is 2.62 bits per heavy atom. The second-order valence-electron chi connectivity index (χ2n) is 7.17. The fraction of sp³-hybridized carbons (Fsp3) is 0.136. The Morgan fingerprint density at radius 1 is 1.09 bits per heavy atom. The summed E-state index contributed by atoms with van der Waals surface area (Å²) in [5, 5.41) is 15.8. The van der Waals surface area contributed by atoms with E-state index in [0.717, 1.165) is 0 Å². The molecule has 0 aliphatic heterocycles. The Kier molecular flexibility index (Phi) is 5.78. The van der Waals surface area contributed by atoms with Crippen molar-refractivity contribution in [2.24, 2.45) is 0 Å². The molecule has 1 aromatic heterocycles. The maximum atomic E-state index is 13.0. The number of carboxylic acids is 1. The summed E-state index contributed by atoms with van der Waals surface area (Å²) in [6, 6.07) is 14.6. The number of nitrogens with one attached hydrogen (secondary N) is 2. The molecular formula is C22H20N4O5S. The second-order valence-corrected chi connectivity index (χ2v) is 8.85. The van der Waals surface area contributed by atoms with E-state index in [9.17, 15) is 18.0 Å². The lowest BCUT2D eigenvalue weighted by Crippen LogP contribution is -2.24. The van der Waals surface area contributed by atoms with Crippen LogP contribution in [0.15, 0.2) is 71.8 Å². The molecule has 0 unspecified atom stereocenters. The highest BCUT2D eigenvalue weighted by Gasteiger charge is 2.24. The summed E-state index contributed by atoms with van der Waals surface area (Å²) in [6.07, 6.45) is 4.31. The molecule has 0 fully saturated rings. The highest BCUT2D eigenvalue weighted by atomic mass is 32.2. The van der Waals surface area contributed by atoms with Crippen LogP contribution in [0.5, 0.6) is 0 Å². The predicted molar refractivity (Wildman–Crippen MR) is 117 cm³/mol. The average molecular weight is 452 g/mol. The lowest BCUT2D eigenvalue weighted by Gasteiger charge is -2.17. The number of amides is 1. The SMILES string of the molecule is O=C(O)Cn1ncc2c1CCC=C2NS(=O)(=O)c1cccc(NC(=O)c2ccccc2)c1. The summed E-state index contributed by atoms with van der Waals surface area (Å²) in [5.41, 5.74) is 2.36. The number of hydrogen-bond acceptors (Lipinski definition) is 5. The number of aromatic nitrogens is 2. The fourth-order valence-corrected chi connectivity index (χ4v) is 4.60. The number of carboxylic acid groups (broad SMARTS) is 1. The van der Waals surface area contributed by atoms with Gasteiger partial charge in [-0.3, -0.25) is 19.0 Å². The Bertz CT molecular complexity index is 1310. The maximum absolute atomic E-state index is 13.0. The van der Waals surface area contributed by atoms with Crippen molar-refractivity contribution < 1.29 is 23.1 Å². The van der Waals surface area contributed by atoms with Crippen LogP contribution in [0, 0.1) is 0 Å². The Labute approximate surface area is 184 Å². The van der Waals surface area contributed by atoms with E-state index in [1.165, 1.54) is 23.0 Å². The summed E-state index contributed by atoms with van der Waals surface area (Å²) in [7, 11) is -3.96. The van der Waals surface area contributed by atoms with Crippen LogP contribution in [0.4, 0.5) is 5.69 Å². The van der Waals surface area contributed by atoms with Gasteiger partial charge >= 0.3 is 5.97 Å². The summed E-state index contributed by atoms with van der Waals surface area (Å²) in [6.45, 7) is -0.293. The molecule has 2 aromatic carbocycles. The molecule has 0 radical (unpaired) electrons. The molecule has 1 heterocycles. The minimum Gasteiger partial charge on any atom is -0.480 e. The van der Waals surface area contributed by atoms with E-state index in [0.29, 0.717) is 41.0 Å². The summed E-state index contributed by atoms with van der Waals surface area (Å²) in [5.74, 6) is -1.37. The van der Waals surface area contributed by atoms with E-state index in [4.69, 9.17) is 5.11 Å². The molecule has 0 atom stereocenters. The van der Waals surface area contributed by atoms with Crippen molar-refractivity contribution in [3.63, 3.8) is 0 Å². The molecule has 10 heteroatoms. The van der Waals surface area contributed by atoms with Gasteiger partial charge < -0.3 is 10.4 Å². The zero-order chi connectivity index (χ0) is 22.7. The molecule has 32 heavy (non-hydrogen) atoms. The van der Waals surface area contributed by atoms with Gasteiger partial charge in [0.2, 0.25) is 0 Å². The van der Waals surface area contributed by atoms with Gasteiger partial charge in [-0.25, -0.2) is 8.42 Å². The first-order chi connectivity index (χ1) is 15.3. The van der Waals surface area contributed by atoms with Crippen LogP contribution >= 0.6 is 0 Å². The smallest absolute Gasteiger partial charge is 0.325 e. The highest BCUT2D eigenvalue weighted by Crippen LogP contribution is 2.26. The highest BCUT2D eigenvalue weighted by molar-refractivity contribution is 7.89. The number of carbonyl (C=O) groups is 2. The van der Waals surface area contributed by atoms with Gasteiger partial charge in [0.1, 0.15) is 6.54 Å².